The molecular formula is C51H32N4OS. The van der Waals surface area contributed by atoms with Crippen LogP contribution in [0.2, 0.25) is 0 Å². The second-order valence-corrected chi connectivity index (χ2v) is 15.9. The summed E-state index contributed by atoms with van der Waals surface area (Å²) in [4.78, 5) is 16.2. The summed E-state index contributed by atoms with van der Waals surface area (Å²) in [7, 11) is 0. The summed E-state index contributed by atoms with van der Waals surface area (Å²) in [5, 5.41) is 4.96. The largest absolute Gasteiger partial charge is 0.455 e. The van der Waals surface area contributed by atoms with Crippen LogP contribution in [0.1, 0.15) is 11.5 Å². The van der Waals surface area contributed by atoms with Crippen molar-refractivity contribution in [2.75, 3.05) is 0 Å². The van der Waals surface area contributed by atoms with E-state index in [1.54, 1.807) is 0 Å². The van der Waals surface area contributed by atoms with Gasteiger partial charge in [-0.25, -0.2) is 15.0 Å². The molecule has 2 aliphatic rings. The molecule has 268 valence electrons. The van der Waals surface area contributed by atoms with Gasteiger partial charge in [0.25, 0.3) is 0 Å². The quantitative estimate of drug-likeness (QED) is 0.175. The van der Waals surface area contributed by atoms with E-state index < -0.39 is 0 Å². The number of fused-ring (bicyclic) bond motifs is 9. The van der Waals surface area contributed by atoms with Crippen molar-refractivity contribution in [2.45, 2.75) is 16.1 Å². The van der Waals surface area contributed by atoms with E-state index in [4.69, 9.17) is 19.4 Å². The second kappa shape index (κ2) is 12.8. The Morgan fingerprint density at radius 1 is 0.509 bits per heavy atom. The molecule has 0 bridgehead atoms. The van der Waals surface area contributed by atoms with E-state index in [9.17, 15) is 0 Å². The Bertz CT molecular complexity index is 3180. The van der Waals surface area contributed by atoms with Crippen LogP contribution in [-0.2, 0) is 0 Å². The molecular weight excluding hydrogens is 717 g/mol. The number of nitrogens with zero attached hydrogens (tertiary/aromatic N) is 4. The summed E-state index contributed by atoms with van der Waals surface area (Å²) < 4.78 is 9.22. The molecule has 0 N–H and O–H groups in total. The highest BCUT2D eigenvalue weighted by Gasteiger charge is 2.37. The molecule has 10 aromatic rings. The average Bonchev–Trinajstić information content (AvgIpc) is 3.96. The van der Waals surface area contributed by atoms with Crippen LogP contribution >= 0.6 is 11.8 Å². The molecule has 4 heterocycles. The van der Waals surface area contributed by atoms with Crippen LogP contribution in [0.4, 0.5) is 0 Å². The molecule has 12 rings (SSSR count). The standard InChI is InChI=1S/C51H32N4OS/c1-3-13-31(14-4-1)49-52-50(32-15-5-2-6-16-32)54-51(53-49)34-25-27-44-39(30-34)38-20-11-19-35(48(38)56-44)33-26-28-45-40(29-33)47-43(23-12-24-46(47)57-45)55-41-21-9-7-17-36(41)37-18-8-10-22-42(37)55/h1-30,46-47H. The van der Waals surface area contributed by atoms with Crippen LogP contribution in [-0.4, -0.2) is 24.8 Å². The Morgan fingerprint density at radius 3 is 1.82 bits per heavy atom. The maximum Gasteiger partial charge on any atom is 0.164 e. The fourth-order valence-corrected chi connectivity index (χ4v) is 10.2. The Hall–Kier alpha value is -7.02. The van der Waals surface area contributed by atoms with Gasteiger partial charge in [0, 0.05) is 65.6 Å². The molecule has 1 aliphatic heterocycles. The third-order valence-electron chi connectivity index (χ3n) is 11.4. The van der Waals surface area contributed by atoms with Crippen molar-refractivity contribution in [3.8, 4) is 45.3 Å². The number of furan rings is 1. The highest BCUT2D eigenvalue weighted by atomic mass is 32.2. The molecule has 0 fully saturated rings. The second-order valence-electron chi connectivity index (χ2n) is 14.7. The normalized spacial score (nSPS) is 16.0. The summed E-state index contributed by atoms with van der Waals surface area (Å²) in [6.07, 6.45) is 6.92. The van der Waals surface area contributed by atoms with Crippen LogP contribution in [0, 0.1) is 0 Å². The van der Waals surface area contributed by atoms with E-state index in [-0.39, 0.29) is 5.92 Å². The van der Waals surface area contributed by atoms with Gasteiger partial charge in [-0.2, -0.15) is 0 Å². The number of allylic oxidation sites excluding steroid dienone is 3. The third kappa shape index (κ3) is 5.14. The van der Waals surface area contributed by atoms with E-state index in [0.29, 0.717) is 22.7 Å². The van der Waals surface area contributed by atoms with Gasteiger partial charge in [-0.1, -0.05) is 133 Å². The lowest BCUT2D eigenvalue weighted by atomic mass is 9.87. The molecule has 7 aromatic carbocycles. The highest BCUT2D eigenvalue weighted by molar-refractivity contribution is 8.00. The maximum atomic E-state index is 6.73. The Balaban J connectivity index is 0.969. The SMILES string of the molecule is C1=CC2Sc3ccc(-c4cccc5c4oc4ccc(-c6nc(-c7ccccc7)nc(-c7ccccc7)n6)cc45)cc3C2C(n2c3ccccc3c3ccccc32)=C1. The number of rotatable bonds is 5. The Labute approximate surface area is 332 Å². The summed E-state index contributed by atoms with van der Waals surface area (Å²) in [6, 6.07) is 57.4. The van der Waals surface area contributed by atoms with E-state index in [1.165, 1.54) is 38.0 Å². The Kier molecular flexibility index (Phi) is 7.22. The first-order valence-corrected chi connectivity index (χ1v) is 20.1. The van der Waals surface area contributed by atoms with Gasteiger partial charge in [0.15, 0.2) is 17.5 Å². The van der Waals surface area contributed by atoms with E-state index in [0.717, 1.165) is 49.8 Å². The van der Waals surface area contributed by atoms with Crippen molar-refractivity contribution in [1.82, 2.24) is 19.5 Å². The molecule has 0 radical (unpaired) electrons. The van der Waals surface area contributed by atoms with Crippen molar-refractivity contribution in [3.05, 3.63) is 188 Å². The van der Waals surface area contributed by atoms with Gasteiger partial charge in [0.1, 0.15) is 11.2 Å². The summed E-state index contributed by atoms with van der Waals surface area (Å²) >= 11 is 1.96. The van der Waals surface area contributed by atoms with Gasteiger partial charge in [0.05, 0.1) is 11.0 Å². The molecule has 5 nitrogen and oxygen atoms in total. The summed E-state index contributed by atoms with van der Waals surface area (Å²) in [5.41, 5.74) is 11.9. The van der Waals surface area contributed by atoms with Crippen LogP contribution in [0.15, 0.2) is 191 Å². The smallest absolute Gasteiger partial charge is 0.164 e. The third-order valence-corrected chi connectivity index (χ3v) is 12.8. The predicted molar refractivity (Wildman–Crippen MR) is 234 cm³/mol. The lowest BCUT2D eigenvalue weighted by Crippen LogP contribution is -2.16. The van der Waals surface area contributed by atoms with Crippen LogP contribution in [0.25, 0.3) is 94.7 Å². The van der Waals surface area contributed by atoms with Crippen molar-refractivity contribution >= 4 is 61.2 Å². The van der Waals surface area contributed by atoms with Gasteiger partial charge in [-0.05, 0) is 59.7 Å². The number of aromatic nitrogens is 4. The van der Waals surface area contributed by atoms with Crippen molar-refractivity contribution in [1.29, 1.82) is 0 Å². The Morgan fingerprint density at radius 2 is 1.12 bits per heavy atom. The number of thioether (sulfide) groups is 1. The molecule has 1 aliphatic carbocycles. The lowest BCUT2D eigenvalue weighted by Gasteiger charge is -2.26. The van der Waals surface area contributed by atoms with Crippen LogP contribution in [0.3, 0.4) is 0 Å². The molecule has 2 atom stereocenters. The number of hydrogen-bond donors (Lipinski definition) is 0. The van der Waals surface area contributed by atoms with Crippen LogP contribution in [0.5, 0.6) is 0 Å². The zero-order valence-electron chi connectivity index (χ0n) is 30.6. The molecule has 57 heavy (non-hydrogen) atoms. The van der Waals surface area contributed by atoms with Crippen molar-refractivity contribution in [3.63, 3.8) is 0 Å². The zero-order valence-corrected chi connectivity index (χ0v) is 31.4. The molecule has 0 saturated heterocycles. The summed E-state index contributed by atoms with van der Waals surface area (Å²) in [5.74, 6) is 2.10. The fraction of sp³-hybridized carbons (Fsp3) is 0.0392. The van der Waals surface area contributed by atoms with Gasteiger partial charge >= 0.3 is 0 Å². The number of benzene rings is 7. The highest BCUT2D eigenvalue weighted by Crippen LogP contribution is 2.54. The molecule has 0 spiro atoms. The number of hydrogen-bond acceptors (Lipinski definition) is 5. The number of para-hydroxylation sites is 3. The molecule has 0 amide bonds. The molecule has 0 saturated carbocycles. The minimum absolute atomic E-state index is 0.202. The van der Waals surface area contributed by atoms with Crippen molar-refractivity contribution in [2.24, 2.45) is 0 Å². The maximum absolute atomic E-state index is 6.73. The van der Waals surface area contributed by atoms with Gasteiger partial charge < -0.3 is 8.98 Å². The van der Waals surface area contributed by atoms with Gasteiger partial charge in [-0.15, -0.1) is 11.8 Å². The average molecular weight is 749 g/mol. The lowest BCUT2D eigenvalue weighted by molar-refractivity contribution is 0.670. The fourth-order valence-electron chi connectivity index (χ4n) is 8.82. The first kappa shape index (κ1) is 32.2. The minimum atomic E-state index is 0.202. The van der Waals surface area contributed by atoms with Gasteiger partial charge in [-0.3, -0.25) is 0 Å². The van der Waals surface area contributed by atoms with E-state index in [1.807, 2.05) is 78.5 Å². The van der Waals surface area contributed by atoms with E-state index in [2.05, 4.69) is 120 Å². The van der Waals surface area contributed by atoms with Crippen molar-refractivity contribution < 1.29 is 4.42 Å². The zero-order chi connectivity index (χ0) is 37.5. The van der Waals surface area contributed by atoms with Crippen LogP contribution < -0.4 is 0 Å². The molecule has 3 aromatic heterocycles. The first-order chi connectivity index (χ1) is 28.2. The summed E-state index contributed by atoms with van der Waals surface area (Å²) in [6.45, 7) is 0. The topological polar surface area (TPSA) is 56.7 Å². The minimum Gasteiger partial charge on any atom is -0.455 e. The first-order valence-electron chi connectivity index (χ1n) is 19.3. The molecule has 6 heteroatoms. The molecule has 2 unspecified atom stereocenters. The van der Waals surface area contributed by atoms with Gasteiger partial charge in [0.2, 0.25) is 0 Å². The van der Waals surface area contributed by atoms with E-state index >= 15 is 0 Å². The monoisotopic (exact) mass is 748 g/mol. The predicted octanol–water partition coefficient (Wildman–Crippen LogP) is 13.2.